The Hall–Kier alpha value is -1.99. The molecule has 0 spiro atoms. The molecule has 1 aromatic carbocycles. The van der Waals surface area contributed by atoms with Crippen molar-refractivity contribution in [3.8, 4) is 0 Å². The summed E-state index contributed by atoms with van der Waals surface area (Å²) in [4.78, 5) is 30.4. The predicted molar refractivity (Wildman–Crippen MR) is 94.0 cm³/mol. The zero-order valence-electron chi connectivity index (χ0n) is 12.4. The van der Waals surface area contributed by atoms with E-state index >= 15 is 0 Å². The Morgan fingerprint density at radius 3 is 2.70 bits per heavy atom. The van der Waals surface area contributed by atoms with E-state index < -0.39 is 0 Å². The van der Waals surface area contributed by atoms with E-state index in [0.717, 1.165) is 37.9 Å². The molecule has 0 atom stereocenters. The molecule has 118 valence electrons. The van der Waals surface area contributed by atoms with Gasteiger partial charge in [0.25, 0.3) is 11.5 Å². The quantitative estimate of drug-likeness (QED) is 0.689. The minimum Gasteiger partial charge on any atom is -0.338 e. The normalized spacial score (nSPS) is 15.4. The maximum absolute atomic E-state index is 12.8. The number of para-hydroxylation sites is 1. The van der Waals surface area contributed by atoms with Crippen molar-refractivity contribution in [2.24, 2.45) is 0 Å². The summed E-state index contributed by atoms with van der Waals surface area (Å²) in [6, 6.07) is 7.31. The maximum Gasteiger partial charge on any atom is 0.267 e. The highest BCUT2D eigenvalue weighted by atomic mass is 32.1. The summed E-state index contributed by atoms with van der Waals surface area (Å²) in [5, 5.41) is 0.575. The van der Waals surface area contributed by atoms with Gasteiger partial charge in [-0.3, -0.25) is 14.0 Å². The third kappa shape index (κ3) is 2.31. The summed E-state index contributed by atoms with van der Waals surface area (Å²) >= 11 is 6.72. The number of hydrogen-bond acceptors (Lipinski definition) is 4. The molecule has 4 rings (SSSR count). The average molecular weight is 345 g/mol. The number of carbonyl (C=O) groups excluding carboxylic acids is 1. The molecule has 7 heteroatoms. The van der Waals surface area contributed by atoms with Gasteiger partial charge < -0.3 is 9.88 Å². The van der Waals surface area contributed by atoms with Crippen molar-refractivity contribution in [1.29, 1.82) is 0 Å². The van der Waals surface area contributed by atoms with Crippen LogP contribution in [0.2, 0.25) is 0 Å². The SMILES string of the molecule is O=C(c1sc(=S)n2c1[nH]c(=O)c1ccccc12)N1CCCCC1. The summed E-state index contributed by atoms with van der Waals surface area (Å²) in [5.41, 5.74) is 1.06. The minimum atomic E-state index is -0.193. The van der Waals surface area contributed by atoms with Gasteiger partial charge in [-0.25, -0.2) is 0 Å². The highest BCUT2D eigenvalue weighted by Gasteiger charge is 2.23. The van der Waals surface area contributed by atoms with E-state index in [1.165, 1.54) is 11.3 Å². The summed E-state index contributed by atoms with van der Waals surface area (Å²) < 4.78 is 2.38. The lowest BCUT2D eigenvalue weighted by atomic mass is 10.1. The molecule has 1 aliphatic rings. The number of piperidine rings is 1. The first-order valence-corrected chi connectivity index (χ1v) is 8.85. The van der Waals surface area contributed by atoms with E-state index in [2.05, 4.69) is 4.98 Å². The fourth-order valence-electron chi connectivity index (χ4n) is 3.13. The molecule has 1 fully saturated rings. The van der Waals surface area contributed by atoms with Gasteiger partial charge in [-0.05, 0) is 43.6 Å². The summed E-state index contributed by atoms with van der Waals surface area (Å²) in [7, 11) is 0. The van der Waals surface area contributed by atoms with Crippen molar-refractivity contribution < 1.29 is 4.79 Å². The number of fused-ring (bicyclic) bond motifs is 3. The molecular weight excluding hydrogens is 330 g/mol. The minimum absolute atomic E-state index is 0.0331. The van der Waals surface area contributed by atoms with Crippen molar-refractivity contribution in [2.75, 3.05) is 13.1 Å². The first-order chi connectivity index (χ1) is 11.2. The molecule has 1 saturated heterocycles. The average Bonchev–Trinajstić information content (AvgIpc) is 2.92. The molecule has 2 aromatic heterocycles. The number of carbonyl (C=O) groups is 1. The number of rotatable bonds is 1. The highest BCUT2D eigenvalue weighted by Crippen LogP contribution is 2.25. The van der Waals surface area contributed by atoms with Crippen LogP contribution in [0.4, 0.5) is 0 Å². The second kappa shape index (κ2) is 5.58. The standard InChI is InChI=1S/C16H15N3O2S2/c20-14-10-6-2-3-7-11(10)19-13(17-14)12(23-16(19)22)15(21)18-8-4-1-5-9-18/h2-3,6-7H,1,4-5,8-9H2,(H,17,20). The van der Waals surface area contributed by atoms with Crippen LogP contribution in [0, 0.1) is 3.95 Å². The maximum atomic E-state index is 12.8. The van der Waals surface area contributed by atoms with E-state index in [4.69, 9.17) is 12.2 Å². The third-order valence-electron chi connectivity index (χ3n) is 4.27. The van der Waals surface area contributed by atoms with Crippen LogP contribution in [-0.4, -0.2) is 33.3 Å². The molecular formula is C16H15N3O2S2. The summed E-state index contributed by atoms with van der Waals surface area (Å²) in [6.45, 7) is 1.54. The van der Waals surface area contributed by atoms with Crippen LogP contribution in [0.25, 0.3) is 16.6 Å². The van der Waals surface area contributed by atoms with Gasteiger partial charge in [-0.2, -0.15) is 0 Å². The number of amides is 1. The van der Waals surface area contributed by atoms with Crippen molar-refractivity contribution in [3.63, 3.8) is 0 Å². The number of aromatic amines is 1. The number of likely N-dealkylation sites (tertiary alicyclic amines) is 1. The Morgan fingerprint density at radius 1 is 1.17 bits per heavy atom. The third-order valence-corrected chi connectivity index (χ3v) is 5.63. The Morgan fingerprint density at radius 2 is 1.91 bits per heavy atom. The number of aromatic nitrogens is 2. The van der Waals surface area contributed by atoms with Crippen LogP contribution in [0.5, 0.6) is 0 Å². The predicted octanol–water partition coefficient (Wildman–Crippen LogP) is 3.20. The smallest absolute Gasteiger partial charge is 0.267 e. The Balaban J connectivity index is 1.97. The van der Waals surface area contributed by atoms with Crippen molar-refractivity contribution in [2.45, 2.75) is 19.3 Å². The lowest BCUT2D eigenvalue weighted by Gasteiger charge is -2.26. The van der Waals surface area contributed by atoms with E-state index in [1.54, 1.807) is 10.5 Å². The van der Waals surface area contributed by atoms with Crippen LogP contribution in [0.1, 0.15) is 28.9 Å². The second-order valence-electron chi connectivity index (χ2n) is 5.71. The lowest BCUT2D eigenvalue weighted by Crippen LogP contribution is -2.35. The number of benzene rings is 1. The van der Waals surface area contributed by atoms with E-state index in [1.807, 2.05) is 23.1 Å². The van der Waals surface area contributed by atoms with Crippen LogP contribution in [0.15, 0.2) is 29.1 Å². The second-order valence-corrected chi connectivity index (χ2v) is 7.35. The van der Waals surface area contributed by atoms with E-state index in [9.17, 15) is 9.59 Å². The number of nitrogens with zero attached hydrogens (tertiary/aromatic N) is 2. The van der Waals surface area contributed by atoms with Crippen molar-refractivity contribution in [3.05, 3.63) is 43.5 Å². The summed E-state index contributed by atoms with van der Waals surface area (Å²) in [5.74, 6) is -0.0331. The van der Waals surface area contributed by atoms with E-state index in [-0.39, 0.29) is 11.5 Å². The van der Waals surface area contributed by atoms with Gasteiger partial charge in [0, 0.05) is 13.1 Å². The zero-order valence-corrected chi connectivity index (χ0v) is 14.0. The van der Waals surface area contributed by atoms with Crippen LogP contribution in [0.3, 0.4) is 0 Å². The fourth-order valence-corrected chi connectivity index (χ4v) is 4.48. The molecule has 0 radical (unpaired) electrons. The molecule has 0 unspecified atom stereocenters. The van der Waals surface area contributed by atoms with Gasteiger partial charge in [0.2, 0.25) is 0 Å². The number of nitrogens with one attached hydrogen (secondary N) is 1. The topological polar surface area (TPSA) is 57.6 Å². The molecule has 5 nitrogen and oxygen atoms in total. The molecule has 1 amide bonds. The highest BCUT2D eigenvalue weighted by molar-refractivity contribution is 7.73. The number of thiazole rings is 1. The molecule has 0 aliphatic carbocycles. The van der Waals surface area contributed by atoms with Crippen LogP contribution >= 0.6 is 23.6 Å². The zero-order chi connectivity index (χ0) is 16.0. The number of H-pyrrole nitrogens is 1. The first kappa shape index (κ1) is 14.6. The fraction of sp³-hybridized carbons (Fsp3) is 0.312. The summed E-state index contributed by atoms with van der Waals surface area (Å²) in [6.07, 6.45) is 3.22. The van der Waals surface area contributed by atoms with Gasteiger partial charge in [0.15, 0.2) is 3.95 Å². The van der Waals surface area contributed by atoms with Gasteiger partial charge in [0.05, 0.1) is 10.9 Å². The molecule has 0 bridgehead atoms. The molecule has 3 heterocycles. The van der Waals surface area contributed by atoms with E-state index in [0.29, 0.717) is 19.9 Å². The van der Waals surface area contributed by atoms with Gasteiger partial charge in [-0.1, -0.05) is 23.5 Å². The molecule has 1 N–H and O–H groups in total. The van der Waals surface area contributed by atoms with Gasteiger partial charge >= 0.3 is 0 Å². The molecule has 23 heavy (non-hydrogen) atoms. The first-order valence-electron chi connectivity index (χ1n) is 7.62. The van der Waals surface area contributed by atoms with Crippen LogP contribution in [-0.2, 0) is 0 Å². The largest absolute Gasteiger partial charge is 0.338 e. The van der Waals surface area contributed by atoms with Gasteiger partial charge in [0.1, 0.15) is 10.5 Å². The Kier molecular flexibility index (Phi) is 3.54. The van der Waals surface area contributed by atoms with Crippen molar-refractivity contribution >= 4 is 46.0 Å². The van der Waals surface area contributed by atoms with Crippen molar-refractivity contribution in [1.82, 2.24) is 14.3 Å². The van der Waals surface area contributed by atoms with Gasteiger partial charge in [-0.15, -0.1) is 0 Å². The Bertz CT molecular complexity index is 1030. The molecule has 3 aromatic rings. The lowest BCUT2D eigenvalue weighted by molar-refractivity contribution is 0.0730. The molecule has 0 saturated carbocycles. The van der Waals surface area contributed by atoms with Crippen LogP contribution < -0.4 is 5.56 Å². The number of hydrogen-bond donors (Lipinski definition) is 1. The molecule has 1 aliphatic heterocycles. The Labute approximate surface area is 141 Å². The monoisotopic (exact) mass is 345 g/mol.